The van der Waals surface area contributed by atoms with Crippen LogP contribution in [0.5, 0.6) is 5.88 Å². The van der Waals surface area contributed by atoms with Crippen molar-refractivity contribution >= 4 is 47.1 Å². The number of hydrogen-bond donors (Lipinski definition) is 4. The van der Waals surface area contributed by atoms with Gasteiger partial charge in [0.15, 0.2) is 5.58 Å². The molecule has 3 heterocycles. The SMILES string of the molecule is COC(=O)c1ccc([C@H](C)NC(=O)c2cc(C(=O)O)n3cc(O)nc3n2)cc1.Cl.Cn1c(=O)oc2ccc(CN)cc21. The number of fused-ring (bicyclic) bond motifs is 2. The van der Waals surface area contributed by atoms with Gasteiger partial charge in [0.1, 0.15) is 11.4 Å². The zero-order valence-electron chi connectivity index (χ0n) is 22.6. The summed E-state index contributed by atoms with van der Waals surface area (Å²) in [6.07, 6.45) is 1.10. The molecular formula is C27H27ClN6O8. The zero-order valence-corrected chi connectivity index (χ0v) is 23.4. The van der Waals surface area contributed by atoms with Crippen molar-refractivity contribution in [3.05, 3.63) is 93.4 Å². The molecule has 0 unspecified atom stereocenters. The number of rotatable bonds is 6. The minimum Gasteiger partial charge on any atom is -0.492 e. The Balaban J connectivity index is 0.000000289. The number of aromatic nitrogens is 4. The van der Waals surface area contributed by atoms with Crippen LogP contribution in [0.2, 0.25) is 0 Å². The van der Waals surface area contributed by atoms with E-state index in [1.807, 2.05) is 12.1 Å². The van der Waals surface area contributed by atoms with Crippen LogP contribution >= 0.6 is 12.4 Å². The summed E-state index contributed by atoms with van der Waals surface area (Å²) in [5.74, 6) is -3.25. The fourth-order valence-corrected chi connectivity index (χ4v) is 3.91. The Bertz CT molecular complexity index is 1830. The molecule has 2 aromatic carbocycles. The molecule has 15 heteroatoms. The summed E-state index contributed by atoms with van der Waals surface area (Å²) >= 11 is 0. The van der Waals surface area contributed by atoms with Crippen molar-refractivity contribution < 1.29 is 33.8 Å². The molecule has 0 bridgehead atoms. The van der Waals surface area contributed by atoms with Gasteiger partial charge in [0, 0.05) is 19.7 Å². The zero-order chi connectivity index (χ0) is 29.8. The first-order chi connectivity index (χ1) is 19.5. The molecule has 0 radical (unpaired) electrons. The Hall–Kier alpha value is -5.21. The molecule has 0 saturated heterocycles. The molecule has 14 nitrogen and oxygen atoms in total. The number of nitrogens with two attached hydrogens (primary N) is 1. The first-order valence-electron chi connectivity index (χ1n) is 12.1. The second-order valence-corrected chi connectivity index (χ2v) is 8.84. The number of carbonyl (C=O) groups excluding carboxylic acids is 2. The third kappa shape index (κ3) is 6.56. The van der Waals surface area contributed by atoms with Crippen molar-refractivity contribution in [3.8, 4) is 5.88 Å². The predicted octanol–water partition coefficient (Wildman–Crippen LogP) is 2.42. The first kappa shape index (κ1) is 31.3. The summed E-state index contributed by atoms with van der Waals surface area (Å²) in [4.78, 5) is 54.2. The number of nitrogens with zero attached hydrogens (tertiary/aromatic N) is 4. The fraction of sp³-hybridized carbons (Fsp3) is 0.185. The molecule has 0 fully saturated rings. The van der Waals surface area contributed by atoms with Crippen molar-refractivity contribution in [1.29, 1.82) is 0 Å². The molecule has 0 saturated carbocycles. The van der Waals surface area contributed by atoms with Crippen LogP contribution < -0.4 is 16.8 Å². The molecule has 0 aliphatic heterocycles. The topological polar surface area (TPSA) is 204 Å². The highest BCUT2D eigenvalue weighted by molar-refractivity contribution is 5.96. The number of hydrogen-bond acceptors (Lipinski definition) is 10. The summed E-state index contributed by atoms with van der Waals surface area (Å²) in [5, 5.41) is 21.5. The second-order valence-electron chi connectivity index (χ2n) is 8.84. The van der Waals surface area contributed by atoms with E-state index in [4.69, 9.17) is 10.2 Å². The number of methoxy groups -OCH3 is 1. The van der Waals surface area contributed by atoms with E-state index >= 15 is 0 Å². The van der Waals surface area contributed by atoms with Crippen LogP contribution in [0.1, 0.15) is 55.4 Å². The number of carboxylic acids is 1. The molecule has 5 N–H and O–H groups in total. The minimum atomic E-state index is -1.30. The molecule has 5 rings (SSSR count). The van der Waals surface area contributed by atoms with Crippen LogP contribution in [-0.2, 0) is 18.3 Å². The predicted molar refractivity (Wildman–Crippen MR) is 152 cm³/mol. The van der Waals surface area contributed by atoms with E-state index in [9.17, 15) is 29.4 Å². The number of halogens is 1. The highest BCUT2D eigenvalue weighted by atomic mass is 35.5. The minimum absolute atomic E-state index is 0. The standard InChI is InChI=1S/C18H16N4O6.C9H10N2O2.ClH/c1-9(10-3-5-11(6-4-10)17(27)28-2)19-15(24)12-7-13(16(25)26)22-8-14(23)21-18(22)20-12;1-11-7-4-6(5-10)2-3-8(7)13-9(11)12;/h3-9,23H,1-2H3,(H,19,24)(H,25,26);2-4H,5,10H2,1H3;1H/t9-;;/m0../s1. The molecular weight excluding hydrogens is 572 g/mol. The summed E-state index contributed by atoms with van der Waals surface area (Å²) < 4.78 is 12.1. The van der Waals surface area contributed by atoms with Crippen LogP contribution in [0.15, 0.2) is 63.9 Å². The van der Waals surface area contributed by atoms with Crippen LogP contribution in [0, 0.1) is 0 Å². The van der Waals surface area contributed by atoms with Gasteiger partial charge in [0.2, 0.25) is 11.7 Å². The van der Waals surface area contributed by atoms with E-state index in [2.05, 4.69) is 20.0 Å². The third-order valence-corrected chi connectivity index (χ3v) is 6.15. The Morgan fingerprint density at radius 3 is 2.43 bits per heavy atom. The molecule has 3 aromatic heterocycles. The van der Waals surface area contributed by atoms with Gasteiger partial charge in [-0.3, -0.25) is 13.8 Å². The van der Waals surface area contributed by atoms with Gasteiger partial charge in [-0.25, -0.2) is 19.4 Å². The Kier molecular flexibility index (Phi) is 9.67. The van der Waals surface area contributed by atoms with Gasteiger partial charge in [-0.2, -0.15) is 4.98 Å². The molecule has 0 spiro atoms. The monoisotopic (exact) mass is 598 g/mol. The number of carbonyl (C=O) groups is 3. The molecule has 1 atom stereocenters. The molecule has 42 heavy (non-hydrogen) atoms. The Morgan fingerprint density at radius 1 is 1.12 bits per heavy atom. The average molecular weight is 599 g/mol. The van der Waals surface area contributed by atoms with E-state index in [0.717, 1.165) is 33.3 Å². The third-order valence-electron chi connectivity index (χ3n) is 6.15. The summed E-state index contributed by atoms with van der Waals surface area (Å²) in [6.45, 7) is 2.19. The van der Waals surface area contributed by atoms with Crippen LogP contribution in [0.25, 0.3) is 16.9 Å². The van der Waals surface area contributed by atoms with Crippen LogP contribution in [0.3, 0.4) is 0 Å². The quantitative estimate of drug-likeness (QED) is 0.209. The lowest BCUT2D eigenvalue weighted by atomic mass is 10.1. The summed E-state index contributed by atoms with van der Waals surface area (Å²) in [7, 11) is 2.96. The van der Waals surface area contributed by atoms with Gasteiger partial charge >= 0.3 is 17.7 Å². The average Bonchev–Trinajstić information content (AvgIpc) is 3.49. The lowest BCUT2D eigenvalue weighted by Crippen LogP contribution is -2.28. The van der Waals surface area contributed by atoms with E-state index < -0.39 is 29.8 Å². The van der Waals surface area contributed by atoms with Gasteiger partial charge in [-0.05, 0) is 42.3 Å². The molecule has 1 amide bonds. The van der Waals surface area contributed by atoms with E-state index in [1.54, 1.807) is 44.3 Å². The molecule has 5 aromatic rings. The summed E-state index contributed by atoms with van der Waals surface area (Å²) in [6, 6.07) is 12.6. The van der Waals surface area contributed by atoms with Gasteiger partial charge in [-0.15, -0.1) is 12.4 Å². The maximum Gasteiger partial charge on any atom is 0.419 e. The molecule has 0 aliphatic rings. The van der Waals surface area contributed by atoms with Crippen molar-refractivity contribution in [1.82, 2.24) is 24.3 Å². The van der Waals surface area contributed by atoms with E-state index in [0.29, 0.717) is 17.7 Å². The number of aromatic hydroxyl groups is 1. The maximum atomic E-state index is 12.5. The number of aromatic carboxylic acids is 1. The number of carboxylic acid groups (broad SMARTS) is 1. The largest absolute Gasteiger partial charge is 0.492 e. The normalized spacial score (nSPS) is 11.2. The van der Waals surface area contributed by atoms with Gasteiger partial charge in [0.25, 0.3) is 5.91 Å². The van der Waals surface area contributed by atoms with Crippen molar-refractivity contribution in [2.24, 2.45) is 12.8 Å². The fourth-order valence-electron chi connectivity index (χ4n) is 3.91. The summed E-state index contributed by atoms with van der Waals surface area (Å²) in [5.41, 5.74) is 8.53. The number of amides is 1. The smallest absolute Gasteiger partial charge is 0.419 e. The number of imidazole rings is 1. The van der Waals surface area contributed by atoms with Crippen LogP contribution in [0.4, 0.5) is 0 Å². The lowest BCUT2D eigenvalue weighted by Gasteiger charge is -2.15. The number of benzene rings is 2. The second kappa shape index (κ2) is 13.0. The Labute approximate surface area is 243 Å². The van der Waals surface area contributed by atoms with Gasteiger partial charge in [0.05, 0.1) is 30.4 Å². The van der Waals surface area contributed by atoms with Crippen molar-refractivity contribution in [2.45, 2.75) is 19.5 Å². The lowest BCUT2D eigenvalue weighted by molar-refractivity contribution is 0.0599. The van der Waals surface area contributed by atoms with E-state index in [-0.39, 0.29) is 35.3 Å². The molecule has 220 valence electrons. The number of esters is 1. The highest BCUT2D eigenvalue weighted by Crippen LogP contribution is 2.17. The maximum absolute atomic E-state index is 12.5. The number of ether oxygens (including phenoxy) is 1. The van der Waals surface area contributed by atoms with Crippen molar-refractivity contribution in [2.75, 3.05) is 7.11 Å². The number of aryl methyl sites for hydroxylation is 1. The van der Waals surface area contributed by atoms with Crippen molar-refractivity contribution in [3.63, 3.8) is 0 Å². The first-order valence-corrected chi connectivity index (χ1v) is 12.1. The number of oxazole rings is 1. The van der Waals surface area contributed by atoms with Gasteiger partial charge < -0.3 is 30.4 Å². The van der Waals surface area contributed by atoms with E-state index in [1.165, 1.54) is 11.7 Å². The molecule has 0 aliphatic carbocycles. The van der Waals surface area contributed by atoms with Crippen LogP contribution in [-0.4, -0.2) is 54.1 Å². The van der Waals surface area contributed by atoms with Gasteiger partial charge in [-0.1, -0.05) is 18.2 Å². The Morgan fingerprint density at radius 2 is 1.81 bits per heavy atom. The highest BCUT2D eigenvalue weighted by Gasteiger charge is 2.20. The number of nitrogens with one attached hydrogen (secondary N) is 1.